The molecule has 2 amide bonds. The number of carbonyl (C=O) groups is 2. The van der Waals surface area contributed by atoms with Gasteiger partial charge in [-0.05, 0) is 42.3 Å². The van der Waals surface area contributed by atoms with Crippen molar-refractivity contribution in [3.63, 3.8) is 0 Å². The van der Waals surface area contributed by atoms with Gasteiger partial charge in [-0.1, -0.05) is 60.4 Å². The lowest BCUT2D eigenvalue weighted by Crippen LogP contribution is -2.32. The summed E-state index contributed by atoms with van der Waals surface area (Å²) in [5.41, 5.74) is 0.777. The second kappa shape index (κ2) is 11.8. The van der Waals surface area contributed by atoms with E-state index in [0.717, 1.165) is 11.8 Å². The number of thioether (sulfide) groups is 1. The summed E-state index contributed by atoms with van der Waals surface area (Å²) in [6, 6.07) is 9.17. The molecule has 34 heavy (non-hydrogen) atoms. The molecule has 1 atom stereocenters. The second-order valence-corrected chi connectivity index (χ2v) is 9.73. The number of ether oxygens (including phenoxy) is 1. The van der Waals surface area contributed by atoms with Crippen LogP contribution < -0.4 is 15.4 Å². The molecule has 3 N–H and O–H groups in total. The number of benzene rings is 2. The molecule has 0 aliphatic rings. The summed E-state index contributed by atoms with van der Waals surface area (Å²) in [6.45, 7) is 3.88. The quantitative estimate of drug-likeness (QED) is 0.302. The summed E-state index contributed by atoms with van der Waals surface area (Å²) in [4.78, 5) is 29.6. The Morgan fingerprint density at radius 3 is 2.50 bits per heavy atom. The normalized spacial score (nSPS) is 11.9. The number of rotatable bonds is 9. The van der Waals surface area contributed by atoms with Crippen LogP contribution in [-0.4, -0.2) is 39.9 Å². The molecule has 3 aromatic rings. The number of carbonyl (C=O) groups excluding carboxylic acids is 2. The van der Waals surface area contributed by atoms with E-state index in [1.54, 1.807) is 30.3 Å². The summed E-state index contributed by atoms with van der Waals surface area (Å²) in [6.07, 6.45) is 0. The average molecular weight is 543 g/mol. The Balaban J connectivity index is 1.63. The first-order valence-electron chi connectivity index (χ1n) is 10.1. The zero-order valence-electron chi connectivity index (χ0n) is 18.5. The van der Waals surface area contributed by atoms with Crippen molar-refractivity contribution in [3.05, 3.63) is 62.9 Å². The fourth-order valence-corrected chi connectivity index (χ4v) is 4.27. The van der Waals surface area contributed by atoms with Gasteiger partial charge in [-0.15, -0.1) is 5.10 Å². The fraction of sp³-hybridized carbons (Fsp3) is 0.273. The molecular formula is C22H22Cl3N5O3S. The Labute approximate surface area is 216 Å². The van der Waals surface area contributed by atoms with Gasteiger partial charge in [0.1, 0.15) is 11.6 Å². The van der Waals surface area contributed by atoms with E-state index in [0.29, 0.717) is 38.0 Å². The Kier molecular flexibility index (Phi) is 9.07. The van der Waals surface area contributed by atoms with Gasteiger partial charge in [-0.3, -0.25) is 14.7 Å². The van der Waals surface area contributed by atoms with Crippen molar-refractivity contribution in [1.82, 2.24) is 20.5 Å². The minimum absolute atomic E-state index is 0.000539. The van der Waals surface area contributed by atoms with Gasteiger partial charge in [0.15, 0.2) is 0 Å². The highest BCUT2D eigenvalue weighted by molar-refractivity contribution is 7.99. The first kappa shape index (κ1) is 26.2. The molecule has 0 unspecified atom stereocenters. The molecule has 3 rings (SSSR count). The summed E-state index contributed by atoms with van der Waals surface area (Å²) >= 11 is 19.2. The molecule has 0 spiro atoms. The number of hydrogen-bond acceptors (Lipinski definition) is 6. The minimum atomic E-state index is -0.453. The van der Waals surface area contributed by atoms with Crippen LogP contribution in [0.15, 0.2) is 41.6 Å². The van der Waals surface area contributed by atoms with Crippen LogP contribution in [0.25, 0.3) is 0 Å². The fourth-order valence-electron chi connectivity index (χ4n) is 3.00. The highest BCUT2D eigenvalue weighted by Gasteiger charge is 2.24. The molecule has 0 fully saturated rings. The summed E-state index contributed by atoms with van der Waals surface area (Å²) < 4.78 is 5.23. The molecule has 0 saturated heterocycles. The maximum atomic E-state index is 12.8. The monoisotopic (exact) mass is 541 g/mol. The van der Waals surface area contributed by atoms with Gasteiger partial charge in [0.25, 0.3) is 5.91 Å². The lowest BCUT2D eigenvalue weighted by molar-refractivity contribution is -0.113. The Hall–Kier alpha value is -2.46. The summed E-state index contributed by atoms with van der Waals surface area (Å²) in [5, 5.41) is 14.2. The Morgan fingerprint density at radius 2 is 1.82 bits per heavy atom. The Bertz CT molecular complexity index is 1190. The van der Waals surface area contributed by atoms with E-state index >= 15 is 0 Å². The molecule has 8 nitrogen and oxygen atoms in total. The van der Waals surface area contributed by atoms with Gasteiger partial charge in [-0.25, -0.2) is 4.98 Å². The smallest absolute Gasteiger partial charge is 0.253 e. The zero-order valence-corrected chi connectivity index (χ0v) is 21.6. The Morgan fingerprint density at radius 1 is 1.12 bits per heavy atom. The van der Waals surface area contributed by atoms with E-state index < -0.39 is 6.04 Å². The van der Waals surface area contributed by atoms with Gasteiger partial charge in [-0.2, -0.15) is 0 Å². The number of methoxy groups -OCH3 is 1. The number of aromatic nitrogens is 3. The van der Waals surface area contributed by atoms with Crippen LogP contribution >= 0.6 is 46.6 Å². The van der Waals surface area contributed by atoms with Crippen LogP contribution in [0.4, 0.5) is 5.69 Å². The first-order chi connectivity index (χ1) is 16.2. The highest BCUT2D eigenvalue weighted by atomic mass is 35.5. The number of aromatic amines is 1. The number of nitrogens with zero attached hydrogens (tertiary/aromatic N) is 2. The molecule has 1 heterocycles. The lowest BCUT2D eigenvalue weighted by Gasteiger charge is -2.20. The van der Waals surface area contributed by atoms with Crippen molar-refractivity contribution >= 4 is 64.1 Å². The second-order valence-electron chi connectivity index (χ2n) is 7.50. The number of H-pyrrole nitrogens is 1. The van der Waals surface area contributed by atoms with Gasteiger partial charge in [0, 0.05) is 10.0 Å². The third kappa shape index (κ3) is 6.79. The number of amides is 2. The maximum absolute atomic E-state index is 12.8. The predicted octanol–water partition coefficient (Wildman–Crippen LogP) is 5.63. The van der Waals surface area contributed by atoms with E-state index in [4.69, 9.17) is 39.5 Å². The molecule has 2 aromatic carbocycles. The third-order valence-electron chi connectivity index (χ3n) is 4.67. The standard InChI is InChI=1S/C22H22Cl3N5O3S/c1-11(2)19(27-21(32)14-6-4-12(23)8-15(14)25)20-28-22(30-29-20)34-10-18(31)26-16-9-13(24)5-7-17(16)33-3/h4-9,11,19H,10H2,1-3H3,(H,26,31)(H,27,32)(H,28,29,30)/t19-/m1/s1. The van der Waals surface area contributed by atoms with Crippen LogP contribution in [-0.2, 0) is 4.79 Å². The minimum Gasteiger partial charge on any atom is -0.495 e. The molecule has 0 saturated carbocycles. The van der Waals surface area contributed by atoms with Gasteiger partial charge < -0.3 is 15.4 Å². The third-order valence-corrected chi connectivity index (χ3v) is 6.30. The SMILES string of the molecule is COc1ccc(Cl)cc1NC(=O)CSc1n[nH]c([C@H](NC(=O)c2ccc(Cl)cc2Cl)C(C)C)n1. The molecule has 0 aliphatic carbocycles. The van der Waals surface area contributed by atoms with Gasteiger partial charge in [0.05, 0.1) is 35.2 Å². The van der Waals surface area contributed by atoms with Crippen LogP contribution in [0.1, 0.15) is 36.1 Å². The van der Waals surface area contributed by atoms with Crippen molar-refractivity contribution in [3.8, 4) is 5.75 Å². The van der Waals surface area contributed by atoms with Crippen molar-refractivity contribution in [2.75, 3.05) is 18.2 Å². The van der Waals surface area contributed by atoms with Crippen LogP contribution in [0.3, 0.4) is 0 Å². The van der Waals surface area contributed by atoms with E-state index in [1.807, 2.05) is 13.8 Å². The van der Waals surface area contributed by atoms with Gasteiger partial charge >= 0.3 is 0 Å². The highest BCUT2D eigenvalue weighted by Crippen LogP contribution is 2.28. The van der Waals surface area contributed by atoms with Crippen molar-refractivity contribution in [2.45, 2.75) is 25.0 Å². The van der Waals surface area contributed by atoms with Crippen LogP contribution in [0.5, 0.6) is 5.75 Å². The van der Waals surface area contributed by atoms with E-state index in [9.17, 15) is 9.59 Å². The number of anilines is 1. The molecule has 0 bridgehead atoms. The van der Waals surface area contributed by atoms with Crippen molar-refractivity contribution in [1.29, 1.82) is 0 Å². The van der Waals surface area contributed by atoms with Crippen molar-refractivity contribution < 1.29 is 14.3 Å². The lowest BCUT2D eigenvalue weighted by atomic mass is 10.0. The molecule has 12 heteroatoms. The van der Waals surface area contributed by atoms with Gasteiger partial charge in [0.2, 0.25) is 11.1 Å². The van der Waals surface area contributed by atoms with Crippen LogP contribution in [0.2, 0.25) is 15.1 Å². The van der Waals surface area contributed by atoms with E-state index in [2.05, 4.69) is 25.8 Å². The predicted molar refractivity (Wildman–Crippen MR) is 135 cm³/mol. The molecular weight excluding hydrogens is 521 g/mol. The number of halogens is 3. The summed E-state index contributed by atoms with van der Waals surface area (Å²) in [5.74, 6) is 0.391. The van der Waals surface area contributed by atoms with Crippen LogP contribution in [0, 0.1) is 5.92 Å². The average Bonchev–Trinajstić information content (AvgIpc) is 3.24. The van der Waals surface area contributed by atoms with E-state index in [1.165, 1.54) is 13.2 Å². The first-order valence-corrected chi connectivity index (χ1v) is 12.2. The van der Waals surface area contributed by atoms with Crippen molar-refractivity contribution in [2.24, 2.45) is 5.92 Å². The number of nitrogens with one attached hydrogen (secondary N) is 3. The molecule has 180 valence electrons. The topological polar surface area (TPSA) is 109 Å². The summed E-state index contributed by atoms with van der Waals surface area (Å²) in [7, 11) is 1.51. The van der Waals surface area contributed by atoms with E-state index in [-0.39, 0.29) is 28.5 Å². The zero-order chi connectivity index (χ0) is 24.8. The molecule has 0 radical (unpaired) electrons. The molecule has 0 aliphatic heterocycles. The molecule has 1 aromatic heterocycles. The number of hydrogen-bond donors (Lipinski definition) is 3. The maximum Gasteiger partial charge on any atom is 0.253 e. The largest absolute Gasteiger partial charge is 0.495 e.